The van der Waals surface area contributed by atoms with Gasteiger partial charge in [0, 0.05) is 30.6 Å². The van der Waals surface area contributed by atoms with Crippen molar-refractivity contribution in [3.63, 3.8) is 0 Å². The van der Waals surface area contributed by atoms with Gasteiger partial charge in [0.05, 0.1) is 16.6 Å². The SMILES string of the molecule is CC(C)c1cc(C(F)(F)F)c2c(C3CCCN(C(=O)C4CC4)C3)noc2n1. The Balaban J connectivity index is 1.74. The van der Waals surface area contributed by atoms with Crippen molar-refractivity contribution in [2.75, 3.05) is 13.1 Å². The second kappa shape index (κ2) is 6.49. The molecule has 0 spiro atoms. The largest absolute Gasteiger partial charge is 0.417 e. The number of piperidine rings is 1. The van der Waals surface area contributed by atoms with Gasteiger partial charge in [0.15, 0.2) is 0 Å². The summed E-state index contributed by atoms with van der Waals surface area (Å²) in [7, 11) is 0. The second-order valence-electron chi connectivity index (χ2n) is 7.89. The number of hydrogen-bond acceptors (Lipinski definition) is 4. The molecule has 0 aromatic carbocycles. The minimum absolute atomic E-state index is 0.0578. The number of fused-ring (bicyclic) bond motifs is 1. The fourth-order valence-electron chi connectivity index (χ4n) is 3.78. The zero-order chi connectivity index (χ0) is 19.3. The number of rotatable bonds is 3. The highest BCUT2D eigenvalue weighted by Gasteiger charge is 2.40. The number of amides is 1. The molecular formula is C19H22F3N3O2. The van der Waals surface area contributed by atoms with Gasteiger partial charge in [-0.25, -0.2) is 4.98 Å². The van der Waals surface area contributed by atoms with Crippen molar-refractivity contribution in [3.05, 3.63) is 23.0 Å². The predicted molar refractivity (Wildman–Crippen MR) is 92.2 cm³/mol. The number of nitrogens with zero attached hydrogens (tertiary/aromatic N) is 3. The molecule has 1 amide bonds. The molecule has 1 aliphatic heterocycles. The average molecular weight is 381 g/mol. The number of pyridine rings is 1. The van der Waals surface area contributed by atoms with E-state index in [9.17, 15) is 18.0 Å². The molecule has 2 aliphatic rings. The quantitative estimate of drug-likeness (QED) is 0.787. The predicted octanol–water partition coefficient (Wildman–Crippen LogP) is 4.48. The topological polar surface area (TPSA) is 59.2 Å². The van der Waals surface area contributed by atoms with E-state index in [-0.39, 0.29) is 40.5 Å². The molecule has 0 radical (unpaired) electrons. The Morgan fingerprint density at radius 2 is 2.04 bits per heavy atom. The molecule has 8 heteroatoms. The molecule has 5 nitrogen and oxygen atoms in total. The fourth-order valence-corrected chi connectivity index (χ4v) is 3.78. The van der Waals surface area contributed by atoms with E-state index in [2.05, 4.69) is 10.1 Å². The van der Waals surface area contributed by atoms with Gasteiger partial charge in [-0.15, -0.1) is 0 Å². The monoisotopic (exact) mass is 381 g/mol. The normalized spacial score (nSPS) is 21.3. The van der Waals surface area contributed by atoms with Crippen molar-refractivity contribution in [2.45, 2.75) is 57.5 Å². The van der Waals surface area contributed by atoms with Gasteiger partial charge in [0.25, 0.3) is 5.71 Å². The van der Waals surface area contributed by atoms with Crippen LogP contribution in [0.1, 0.15) is 68.3 Å². The van der Waals surface area contributed by atoms with Crippen LogP contribution in [0, 0.1) is 5.92 Å². The molecule has 3 heterocycles. The van der Waals surface area contributed by atoms with Crippen LogP contribution in [0.2, 0.25) is 0 Å². The van der Waals surface area contributed by atoms with Crippen molar-refractivity contribution in [1.82, 2.24) is 15.0 Å². The maximum absolute atomic E-state index is 13.7. The Kier molecular flexibility index (Phi) is 4.39. The molecule has 27 heavy (non-hydrogen) atoms. The van der Waals surface area contributed by atoms with E-state index in [1.807, 2.05) is 0 Å². The van der Waals surface area contributed by atoms with Gasteiger partial charge in [-0.05, 0) is 37.7 Å². The van der Waals surface area contributed by atoms with Crippen LogP contribution in [-0.4, -0.2) is 34.0 Å². The van der Waals surface area contributed by atoms with Crippen LogP contribution in [-0.2, 0) is 11.0 Å². The Hall–Kier alpha value is -2.12. The average Bonchev–Trinajstić information content (AvgIpc) is 3.38. The molecule has 1 atom stereocenters. The Morgan fingerprint density at radius 3 is 2.67 bits per heavy atom. The first kappa shape index (κ1) is 18.3. The Bertz CT molecular complexity index is 871. The maximum Gasteiger partial charge on any atom is 0.417 e. The van der Waals surface area contributed by atoms with Crippen LogP contribution >= 0.6 is 0 Å². The highest BCUT2D eigenvalue weighted by atomic mass is 19.4. The van der Waals surface area contributed by atoms with Gasteiger partial charge in [-0.1, -0.05) is 19.0 Å². The summed E-state index contributed by atoms with van der Waals surface area (Å²) in [5.41, 5.74) is -0.229. The zero-order valence-electron chi connectivity index (χ0n) is 15.3. The lowest BCUT2D eigenvalue weighted by atomic mass is 9.91. The second-order valence-corrected chi connectivity index (χ2v) is 7.89. The van der Waals surface area contributed by atoms with Gasteiger partial charge >= 0.3 is 6.18 Å². The van der Waals surface area contributed by atoms with E-state index in [0.717, 1.165) is 25.3 Å². The first-order valence-electron chi connectivity index (χ1n) is 9.42. The molecule has 2 aromatic heterocycles. The summed E-state index contributed by atoms with van der Waals surface area (Å²) in [4.78, 5) is 18.4. The first-order chi connectivity index (χ1) is 12.8. The van der Waals surface area contributed by atoms with Crippen LogP contribution < -0.4 is 0 Å². The molecular weight excluding hydrogens is 359 g/mol. The smallest absolute Gasteiger partial charge is 0.342 e. The van der Waals surface area contributed by atoms with Crippen molar-refractivity contribution in [1.29, 1.82) is 0 Å². The number of hydrogen-bond donors (Lipinski definition) is 0. The number of likely N-dealkylation sites (tertiary alicyclic amines) is 1. The molecule has 1 unspecified atom stereocenters. The molecule has 0 bridgehead atoms. The zero-order valence-corrected chi connectivity index (χ0v) is 15.3. The number of halogens is 3. The standard InChI is InChI=1S/C19H22F3N3O2/c1-10(2)14-8-13(19(20,21)22)15-16(24-27-17(15)23-14)12-4-3-7-25(9-12)18(26)11-5-6-11/h8,10-12H,3-7,9H2,1-2H3. The van der Waals surface area contributed by atoms with Gasteiger partial charge in [0.1, 0.15) is 0 Å². The molecule has 0 N–H and O–H groups in total. The van der Waals surface area contributed by atoms with Crippen molar-refractivity contribution >= 4 is 17.0 Å². The van der Waals surface area contributed by atoms with Crippen LogP contribution in [0.25, 0.3) is 11.1 Å². The Morgan fingerprint density at radius 1 is 1.30 bits per heavy atom. The van der Waals surface area contributed by atoms with Gasteiger partial charge in [-0.2, -0.15) is 13.2 Å². The Labute approximate surface area is 154 Å². The van der Waals surface area contributed by atoms with E-state index in [4.69, 9.17) is 4.52 Å². The third-order valence-corrected chi connectivity index (χ3v) is 5.44. The van der Waals surface area contributed by atoms with Gasteiger partial charge in [-0.3, -0.25) is 4.79 Å². The van der Waals surface area contributed by atoms with Crippen LogP contribution in [0.4, 0.5) is 13.2 Å². The molecule has 1 saturated heterocycles. The third kappa shape index (κ3) is 3.41. The first-order valence-corrected chi connectivity index (χ1v) is 9.42. The lowest BCUT2D eigenvalue weighted by molar-refractivity contribution is -0.136. The summed E-state index contributed by atoms with van der Waals surface area (Å²) < 4.78 is 46.4. The minimum atomic E-state index is -4.52. The highest BCUT2D eigenvalue weighted by molar-refractivity contribution is 5.83. The molecule has 1 saturated carbocycles. The van der Waals surface area contributed by atoms with E-state index >= 15 is 0 Å². The molecule has 146 valence electrons. The van der Waals surface area contributed by atoms with Crippen LogP contribution in [0.5, 0.6) is 0 Å². The van der Waals surface area contributed by atoms with E-state index in [1.54, 1.807) is 18.7 Å². The van der Waals surface area contributed by atoms with Gasteiger partial charge in [0.2, 0.25) is 5.91 Å². The summed E-state index contributed by atoms with van der Waals surface area (Å²) in [5, 5.41) is 3.91. The van der Waals surface area contributed by atoms with E-state index in [1.165, 1.54) is 0 Å². The summed E-state index contributed by atoms with van der Waals surface area (Å²) >= 11 is 0. The highest BCUT2D eigenvalue weighted by Crippen LogP contribution is 2.41. The van der Waals surface area contributed by atoms with Crippen molar-refractivity contribution < 1.29 is 22.5 Å². The molecule has 1 aliphatic carbocycles. The lowest BCUT2D eigenvalue weighted by Crippen LogP contribution is -2.40. The fraction of sp³-hybridized carbons (Fsp3) is 0.632. The van der Waals surface area contributed by atoms with E-state index < -0.39 is 11.7 Å². The van der Waals surface area contributed by atoms with Crippen molar-refractivity contribution in [3.8, 4) is 0 Å². The summed E-state index contributed by atoms with van der Waals surface area (Å²) in [6.07, 6.45) is -1.28. The molecule has 2 fully saturated rings. The minimum Gasteiger partial charge on any atom is -0.342 e. The number of carbonyl (C=O) groups is 1. The summed E-state index contributed by atoms with van der Waals surface area (Å²) in [5.74, 6) is -0.219. The number of aromatic nitrogens is 2. The number of carbonyl (C=O) groups excluding carboxylic acids is 1. The third-order valence-electron chi connectivity index (χ3n) is 5.44. The van der Waals surface area contributed by atoms with Crippen LogP contribution in [0.15, 0.2) is 10.6 Å². The molecule has 2 aromatic rings. The summed E-state index contributed by atoms with van der Waals surface area (Å²) in [6, 6.07) is 1.10. The van der Waals surface area contributed by atoms with E-state index in [0.29, 0.717) is 25.2 Å². The van der Waals surface area contributed by atoms with Crippen molar-refractivity contribution in [2.24, 2.45) is 5.92 Å². The lowest BCUT2D eigenvalue weighted by Gasteiger charge is -2.32. The van der Waals surface area contributed by atoms with Gasteiger partial charge < -0.3 is 9.42 Å². The maximum atomic E-state index is 13.7. The molecule has 4 rings (SSSR count). The number of alkyl halides is 3. The summed E-state index contributed by atoms with van der Waals surface area (Å²) in [6.45, 7) is 4.62. The van der Waals surface area contributed by atoms with Crippen LogP contribution in [0.3, 0.4) is 0 Å².